The molecule has 0 spiro atoms. The smallest absolute Gasteiger partial charge is 0.0456 e. The van der Waals surface area contributed by atoms with Crippen LogP contribution in [0.2, 0.25) is 10.0 Å². The van der Waals surface area contributed by atoms with Crippen molar-refractivity contribution in [1.82, 2.24) is 5.32 Å². The average Bonchev–Trinajstić information content (AvgIpc) is 2.68. The first-order chi connectivity index (χ1) is 6.98. The third-order valence-corrected chi connectivity index (χ3v) is 4.00. The quantitative estimate of drug-likeness (QED) is 0.836. The molecular formula is C12H15Cl2N. The van der Waals surface area contributed by atoms with Crippen LogP contribution in [0.5, 0.6) is 0 Å². The molecule has 0 amide bonds. The number of halogens is 2. The molecule has 0 aliphatic heterocycles. The Labute approximate surface area is 101 Å². The van der Waals surface area contributed by atoms with E-state index in [2.05, 4.69) is 19.2 Å². The van der Waals surface area contributed by atoms with E-state index < -0.39 is 0 Å². The third kappa shape index (κ3) is 1.77. The maximum Gasteiger partial charge on any atom is 0.0456 e. The van der Waals surface area contributed by atoms with Gasteiger partial charge in [-0.2, -0.15) is 0 Å². The first kappa shape index (κ1) is 11.3. The zero-order valence-corrected chi connectivity index (χ0v) is 10.7. The molecule has 0 heterocycles. The average molecular weight is 244 g/mol. The normalized spacial score (nSPS) is 27.8. The van der Waals surface area contributed by atoms with Gasteiger partial charge in [0.2, 0.25) is 0 Å². The summed E-state index contributed by atoms with van der Waals surface area (Å²) < 4.78 is 0. The van der Waals surface area contributed by atoms with Gasteiger partial charge in [-0.15, -0.1) is 0 Å². The molecule has 1 N–H and O–H groups in total. The Morgan fingerprint density at radius 2 is 1.93 bits per heavy atom. The molecule has 0 bridgehead atoms. The predicted octanol–water partition coefficient (Wildman–Crippen LogP) is 3.70. The molecule has 1 aliphatic carbocycles. The van der Waals surface area contributed by atoms with Crippen molar-refractivity contribution in [3.8, 4) is 0 Å². The van der Waals surface area contributed by atoms with Gasteiger partial charge in [0.1, 0.15) is 0 Å². The fourth-order valence-electron chi connectivity index (χ4n) is 2.51. The van der Waals surface area contributed by atoms with Gasteiger partial charge in [0.05, 0.1) is 0 Å². The molecule has 3 heteroatoms. The topological polar surface area (TPSA) is 12.0 Å². The van der Waals surface area contributed by atoms with Gasteiger partial charge >= 0.3 is 0 Å². The van der Waals surface area contributed by atoms with E-state index in [0.717, 1.165) is 5.02 Å². The van der Waals surface area contributed by atoms with Crippen LogP contribution < -0.4 is 5.32 Å². The molecule has 2 unspecified atom stereocenters. The number of rotatable bonds is 2. The minimum Gasteiger partial charge on any atom is -0.316 e. The standard InChI is InChI=1S/C12H15Cl2N/c1-12(2)10(11(12)15-3)8-5-4-7(13)6-9(8)14/h4-6,10-11,15H,1-3H3. The number of hydrogen-bond donors (Lipinski definition) is 1. The number of nitrogens with one attached hydrogen (secondary N) is 1. The van der Waals surface area contributed by atoms with E-state index in [0.29, 0.717) is 17.0 Å². The maximum absolute atomic E-state index is 6.20. The molecular weight excluding hydrogens is 229 g/mol. The largest absolute Gasteiger partial charge is 0.316 e. The SMILES string of the molecule is CNC1C(c2ccc(Cl)cc2Cl)C1(C)C. The van der Waals surface area contributed by atoms with Gasteiger partial charge in [-0.25, -0.2) is 0 Å². The summed E-state index contributed by atoms with van der Waals surface area (Å²) in [5.41, 5.74) is 1.48. The fourth-order valence-corrected chi connectivity index (χ4v) is 3.04. The van der Waals surface area contributed by atoms with Crippen molar-refractivity contribution in [3.63, 3.8) is 0 Å². The van der Waals surface area contributed by atoms with Crippen LogP contribution in [-0.4, -0.2) is 13.1 Å². The van der Waals surface area contributed by atoms with E-state index in [4.69, 9.17) is 23.2 Å². The van der Waals surface area contributed by atoms with E-state index in [1.807, 2.05) is 25.2 Å². The second kappa shape index (κ2) is 3.65. The Hall–Kier alpha value is -0.240. The summed E-state index contributed by atoms with van der Waals surface area (Å²) in [5.74, 6) is 0.493. The van der Waals surface area contributed by atoms with Crippen molar-refractivity contribution < 1.29 is 0 Å². The summed E-state index contributed by atoms with van der Waals surface area (Å²) in [5, 5.41) is 4.80. The van der Waals surface area contributed by atoms with Crippen molar-refractivity contribution in [3.05, 3.63) is 33.8 Å². The number of benzene rings is 1. The van der Waals surface area contributed by atoms with Crippen LogP contribution in [0.25, 0.3) is 0 Å². The second-order valence-electron chi connectivity index (χ2n) is 4.73. The number of likely N-dealkylation sites (N-methyl/N-ethyl adjacent to an activating group) is 1. The summed E-state index contributed by atoms with van der Waals surface area (Å²) in [7, 11) is 2.00. The molecule has 1 aliphatic rings. The van der Waals surface area contributed by atoms with Crippen molar-refractivity contribution in [2.45, 2.75) is 25.8 Å². The predicted molar refractivity (Wildman–Crippen MR) is 65.8 cm³/mol. The van der Waals surface area contributed by atoms with Gasteiger partial charge in [0.25, 0.3) is 0 Å². The first-order valence-electron chi connectivity index (χ1n) is 5.10. The van der Waals surface area contributed by atoms with Crippen molar-refractivity contribution in [2.24, 2.45) is 5.41 Å². The lowest BCUT2D eigenvalue weighted by atomic mass is 10.0. The summed E-state index contributed by atoms with van der Waals surface area (Å²) in [6.07, 6.45) is 0. The van der Waals surface area contributed by atoms with E-state index in [1.165, 1.54) is 5.56 Å². The molecule has 0 aromatic heterocycles. The first-order valence-corrected chi connectivity index (χ1v) is 5.86. The van der Waals surface area contributed by atoms with Gasteiger partial charge in [0, 0.05) is 22.0 Å². The van der Waals surface area contributed by atoms with Gasteiger partial charge in [-0.05, 0) is 30.2 Å². The minimum absolute atomic E-state index is 0.284. The lowest BCUT2D eigenvalue weighted by Crippen LogP contribution is -2.14. The van der Waals surface area contributed by atoms with Crippen LogP contribution in [0.3, 0.4) is 0 Å². The zero-order chi connectivity index (χ0) is 11.2. The van der Waals surface area contributed by atoms with Crippen LogP contribution in [0, 0.1) is 5.41 Å². The summed E-state index contributed by atoms with van der Waals surface area (Å²) in [4.78, 5) is 0. The summed E-state index contributed by atoms with van der Waals surface area (Å²) in [6, 6.07) is 6.27. The maximum atomic E-state index is 6.20. The van der Waals surface area contributed by atoms with Crippen LogP contribution in [0.1, 0.15) is 25.3 Å². The minimum atomic E-state index is 0.284. The zero-order valence-electron chi connectivity index (χ0n) is 9.14. The van der Waals surface area contributed by atoms with Gasteiger partial charge in [-0.3, -0.25) is 0 Å². The highest BCUT2D eigenvalue weighted by Crippen LogP contribution is 2.59. The van der Waals surface area contributed by atoms with Crippen molar-refractivity contribution in [2.75, 3.05) is 7.05 Å². The second-order valence-corrected chi connectivity index (χ2v) is 5.57. The summed E-state index contributed by atoms with van der Waals surface area (Å²) in [6.45, 7) is 4.51. The highest BCUT2D eigenvalue weighted by molar-refractivity contribution is 6.35. The molecule has 1 saturated carbocycles. The molecule has 2 atom stereocenters. The Morgan fingerprint density at radius 1 is 1.27 bits per heavy atom. The number of hydrogen-bond acceptors (Lipinski definition) is 1. The van der Waals surface area contributed by atoms with Crippen LogP contribution >= 0.6 is 23.2 Å². The lowest BCUT2D eigenvalue weighted by Gasteiger charge is -2.05. The highest BCUT2D eigenvalue weighted by atomic mass is 35.5. The molecule has 15 heavy (non-hydrogen) atoms. The molecule has 82 valence electrons. The van der Waals surface area contributed by atoms with Crippen molar-refractivity contribution in [1.29, 1.82) is 0 Å². The highest BCUT2D eigenvalue weighted by Gasteiger charge is 2.58. The van der Waals surface area contributed by atoms with Crippen LogP contribution in [-0.2, 0) is 0 Å². The van der Waals surface area contributed by atoms with Crippen molar-refractivity contribution >= 4 is 23.2 Å². The van der Waals surface area contributed by atoms with E-state index >= 15 is 0 Å². The molecule has 1 aromatic carbocycles. The summed E-state index contributed by atoms with van der Waals surface area (Å²) >= 11 is 12.1. The molecule has 1 aromatic rings. The van der Waals surface area contributed by atoms with E-state index in [-0.39, 0.29) is 5.41 Å². The Kier molecular flexibility index (Phi) is 2.74. The molecule has 1 fully saturated rings. The molecule has 2 rings (SSSR count). The fraction of sp³-hybridized carbons (Fsp3) is 0.500. The van der Waals surface area contributed by atoms with E-state index in [1.54, 1.807) is 0 Å². The van der Waals surface area contributed by atoms with Gasteiger partial charge in [-0.1, -0.05) is 43.1 Å². The van der Waals surface area contributed by atoms with Gasteiger partial charge < -0.3 is 5.32 Å². The van der Waals surface area contributed by atoms with E-state index in [9.17, 15) is 0 Å². The Balaban J connectivity index is 2.33. The molecule has 1 nitrogen and oxygen atoms in total. The molecule has 0 radical (unpaired) electrons. The Morgan fingerprint density at radius 3 is 2.40 bits per heavy atom. The third-order valence-electron chi connectivity index (χ3n) is 3.44. The lowest BCUT2D eigenvalue weighted by molar-refractivity contribution is 0.567. The van der Waals surface area contributed by atoms with Crippen LogP contribution in [0.15, 0.2) is 18.2 Å². The Bertz CT molecular complexity index is 387. The molecule has 0 saturated heterocycles. The van der Waals surface area contributed by atoms with Gasteiger partial charge in [0.15, 0.2) is 0 Å². The van der Waals surface area contributed by atoms with Crippen LogP contribution in [0.4, 0.5) is 0 Å². The monoisotopic (exact) mass is 243 g/mol.